The van der Waals surface area contributed by atoms with Crippen molar-refractivity contribution in [3.63, 3.8) is 0 Å². The Bertz CT molecular complexity index is 1130. The molecule has 3 rings (SSSR count). The number of anilines is 1. The minimum atomic E-state index is -3.76. The number of fused-ring (bicyclic) bond motifs is 1. The number of rotatable bonds is 6. The van der Waals surface area contributed by atoms with Gasteiger partial charge in [0.15, 0.2) is 0 Å². The molecule has 1 aliphatic rings. The Balaban J connectivity index is 1.67. The van der Waals surface area contributed by atoms with Gasteiger partial charge in [0.1, 0.15) is 0 Å². The summed E-state index contributed by atoms with van der Waals surface area (Å²) >= 11 is 1.51. The molecule has 2 aromatic carbocycles. The first kappa shape index (κ1) is 21.8. The first-order chi connectivity index (χ1) is 13.6. The average molecular weight is 456 g/mol. The maximum absolute atomic E-state index is 12.6. The van der Waals surface area contributed by atoms with Crippen molar-refractivity contribution in [1.82, 2.24) is 4.72 Å². The maximum atomic E-state index is 12.6. The molecule has 8 nitrogen and oxygen atoms in total. The molecule has 4 N–H and O–H groups in total. The van der Waals surface area contributed by atoms with Crippen LogP contribution in [0.4, 0.5) is 5.69 Å². The largest absolute Gasteiger partial charge is 0.325 e. The zero-order valence-corrected chi connectivity index (χ0v) is 18.0. The van der Waals surface area contributed by atoms with E-state index in [4.69, 9.17) is 5.14 Å². The third kappa shape index (κ3) is 5.37. The Labute approximate surface area is 174 Å². The summed E-state index contributed by atoms with van der Waals surface area (Å²) in [5, 5.41) is 7.83. The van der Waals surface area contributed by atoms with Gasteiger partial charge in [0, 0.05) is 23.1 Å². The van der Waals surface area contributed by atoms with Gasteiger partial charge in [-0.05, 0) is 42.3 Å². The molecule has 0 aromatic heterocycles. The molecule has 0 unspecified atom stereocenters. The van der Waals surface area contributed by atoms with Gasteiger partial charge in [-0.15, -0.1) is 11.8 Å². The zero-order valence-electron chi connectivity index (χ0n) is 15.6. The van der Waals surface area contributed by atoms with Gasteiger partial charge in [0.05, 0.1) is 15.5 Å². The lowest BCUT2D eigenvalue weighted by molar-refractivity contribution is -0.118. The molecule has 0 saturated heterocycles. The third-order valence-corrected chi connectivity index (χ3v) is 8.13. The van der Waals surface area contributed by atoms with Gasteiger partial charge in [0.25, 0.3) is 0 Å². The van der Waals surface area contributed by atoms with Crippen molar-refractivity contribution < 1.29 is 21.6 Å². The first-order valence-electron chi connectivity index (χ1n) is 8.75. The number of benzene rings is 2. The number of carbonyl (C=O) groups is 1. The van der Waals surface area contributed by atoms with E-state index in [9.17, 15) is 21.6 Å². The molecule has 0 saturated carbocycles. The zero-order chi connectivity index (χ0) is 21.2. The molecule has 1 aliphatic heterocycles. The van der Waals surface area contributed by atoms with Crippen LogP contribution in [0, 0.1) is 5.92 Å². The van der Waals surface area contributed by atoms with Crippen LogP contribution < -0.4 is 15.2 Å². The lowest BCUT2D eigenvalue weighted by atomic mass is 10.2. The summed E-state index contributed by atoms with van der Waals surface area (Å²) < 4.78 is 50.3. The molecular formula is C18H21N3O5S3. The number of thioether (sulfide) groups is 1. The summed E-state index contributed by atoms with van der Waals surface area (Å²) in [5.74, 6) is 0.334. The molecule has 29 heavy (non-hydrogen) atoms. The van der Waals surface area contributed by atoms with E-state index in [1.165, 1.54) is 36.0 Å². The van der Waals surface area contributed by atoms with Crippen molar-refractivity contribution in [1.29, 1.82) is 0 Å². The topological polar surface area (TPSA) is 135 Å². The van der Waals surface area contributed by atoms with E-state index < -0.39 is 20.0 Å². The first-order valence-corrected chi connectivity index (χ1v) is 12.8. The fourth-order valence-corrected chi connectivity index (χ4v) is 5.29. The van der Waals surface area contributed by atoms with Crippen LogP contribution >= 0.6 is 11.8 Å². The lowest BCUT2D eigenvalue weighted by Gasteiger charge is -2.11. The van der Waals surface area contributed by atoms with Gasteiger partial charge in [-0.2, -0.15) is 0 Å². The number of primary sulfonamides is 1. The second-order valence-corrected chi connectivity index (χ2v) is 11.1. The van der Waals surface area contributed by atoms with Crippen LogP contribution in [0.2, 0.25) is 0 Å². The fraction of sp³-hybridized carbons (Fsp3) is 0.278. The summed E-state index contributed by atoms with van der Waals surface area (Å²) in [6, 6.07) is 10.6. The summed E-state index contributed by atoms with van der Waals surface area (Å²) in [5.41, 5.74) is 1.26. The highest BCUT2D eigenvalue weighted by Crippen LogP contribution is 2.34. The van der Waals surface area contributed by atoms with Gasteiger partial charge < -0.3 is 5.32 Å². The molecular weight excluding hydrogens is 434 g/mol. The molecule has 1 atom stereocenters. The Morgan fingerprint density at radius 3 is 2.41 bits per heavy atom. The van der Waals surface area contributed by atoms with Gasteiger partial charge in [-0.3, -0.25) is 4.79 Å². The maximum Gasteiger partial charge on any atom is 0.240 e. The number of sulfonamides is 2. The van der Waals surface area contributed by atoms with Crippen LogP contribution in [0.3, 0.4) is 0 Å². The highest BCUT2D eigenvalue weighted by atomic mass is 32.2. The summed E-state index contributed by atoms with van der Waals surface area (Å²) in [7, 11) is -7.52. The van der Waals surface area contributed by atoms with E-state index in [2.05, 4.69) is 10.0 Å². The molecule has 0 fully saturated rings. The van der Waals surface area contributed by atoms with Crippen molar-refractivity contribution in [3.8, 4) is 0 Å². The van der Waals surface area contributed by atoms with Crippen molar-refractivity contribution in [3.05, 3.63) is 48.0 Å². The highest BCUT2D eigenvalue weighted by Gasteiger charge is 2.22. The van der Waals surface area contributed by atoms with Gasteiger partial charge >= 0.3 is 0 Å². The van der Waals surface area contributed by atoms with Gasteiger partial charge in [-0.25, -0.2) is 26.7 Å². The Hall–Kier alpha value is -1.92. The van der Waals surface area contributed by atoms with Crippen molar-refractivity contribution in [2.75, 3.05) is 17.6 Å². The Morgan fingerprint density at radius 1 is 1.10 bits per heavy atom. The van der Waals surface area contributed by atoms with Crippen LogP contribution in [0.15, 0.2) is 57.2 Å². The minimum Gasteiger partial charge on any atom is -0.325 e. The molecule has 156 valence electrons. The van der Waals surface area contributed by atoms with E-state index in [0.717, 1.165) is 10.5 Å². The van der Waals surface area contributed by atoms with Crippen LogP contribution in [-0.2, 0) is 31.3 Å². The summed E-state index contributed by atoms with van der Waals surface area (Å²) in [6.07, 6.45) is 0.374. The van der Waals surface area contributed by atoms with Crippen molar-refractivity contribution in [2.24, 2.45) is 11.1 Å². The van der Waals surface area contributed by atoms with E-state index in [1.54, 1.807) is 18.2 Å². The van der Waals surface area contributed by atoms with Crippen molar-refractivity contribution >= 4 is 43.4 Å². The number of hydrogen-bond donors (Lipinski definition) is 3. The normalized spacial score (nSPS) is 17.3. The average Bonchev–Trinajstić information content (AvgIpc) is 2.79. The number of amides is 1. The fourth-order valence-electron chi connectivity index (χ4n) is 2.71. The van der Waals surface area contributed by atoms with Crippen LogP contribution in [0.25, 0.3) is 0 Å². The van der Waals surface area contributed by atoms with Crippen molar-refractivity contribution in [2.45, 2.75) is 28.0 Å². The molecule has 2 aromatic rings. The van der Waals surface area contributed by atoms with Crippen LogP contribution in [0.1, 0.15) is 12.5 Å². The quantitative estimate of drug-likeness (QED) is 0.604. The third-order valence-electron chi connectivity index (χ3n) is 4.41. The number of nitrogens with one attached hydrogen (secondary N) is 2. The van der Waals surface area contributed by atoms with Crippen LogP contribution in [-0.4, -0.2) is 35.0 Å². The predicted octanol–water partition coefficient (Wildman–Crippen LogP) is 1.54. The lowest BCUT2D eigenvalue weighted by Crippen LogP contribution is -2.26. The second-order valence-electron chi connectivity index (χ2n) is 6.70. The van der Waals surface area contributed by atoms with Crippen LogP contribution in [0.5, 0.6) is 0 Å². The number of hydrogen-bond acceptors (Lipinski definition) is 6. The van der Waals surface area contributed by atoms with E-state index in [-0.39, 0.29) is 28.2 Å². The molecule has 0 aliphatic carbocycles. The summed E-state index contributed by atoms with van der Waals surface area (Å²) in [6.45, 7) is 1.95. The highest BCUT2D eigenvalue weighted by molar-refractivity contribution is 7.99. The predicted molar refractivity (Wildman–Crippen MR) is 112 cm³/mol. The monoisotopic (exact) mass is 455 g/mol. The summed E-state index contributed by atoms with van der Waals surface area (Å²) in [4.78, 5) is 12.9. The SMILES string of the molecule is C[C@H]1CSc2ccc(S(=O)(=O)NCCc3ccc(S(N)(=O)=O)cc3)cc2NC1=O. The Morgan fingerprint density at radius 2 is 1.76 bits per heavy atom. The van der Waals surface area contributed by atoms with E-state index in [0.29, 0.717) is 17.9 Å². The molecule has 11 heteroatoms. The van der Waals surface area contributed by atoms with E-state index >= 15 is 0 Å². The molecule has 1 heterocycles. The number of nitrogens with two attached hydrogens (primary N) is 1. The molecule has 0 bridgehead atoms. The number of carbonyl (C=O) groups excluding carboxylic acids is 1. The van der Waals surface area contributed by atoms with Gasteiger partial charge in [-0.1, -0.05) is 19.1 Å². The molecule has 1 amide bonds. The standard InChI is InChI=1S/C18H21N3O5S3/c1-12-11-27-17-7-6-15(10-16(17)21-18(12)22)29(25,26)20-9-8-13-2-4-14(5-3-13)28(19,23)24/h2-7,10,12,20H,8-9,11H2,1H3,(H,21,22)(H2,19,23,24)/t12-/m0/s1. The second kappa shape index (κ2) is 8.44. The van der Waals surface area contributed by atoms with Gasteiger partial charge in [0.2, 0.25) is 26.0 Å². The minimum absolute atomic E-state index is 0.000966. The smallest absolute Gasteiger partial charge is 0.240 e. The molecule has 0 radical (unpaired) electrons. The van der Waals surface area contributed by atoms with E-state index in [1.807, 2.05) is 6.92 Å². The molecule has 0 spiro atoms. The Kier molecular flexibility index (Phi) is 6.34.